The molecule has 7 unspecified atom stereocenters. The van der Waals surface area contributed by atoms with Crippen molar-refractivity contribution in [3.63, 3.8) is 0 Å². The van der Waals surface area contributed by atoms with E-state index in [0.29, 0.717) is 0 Å². The minimum atomic E-state index is -1.43. The Labute approximate surface area is 302 Å². The summed E-state index contributed by atoms with van der Waals surface area (Å²) in [5.41, 5.74) is 1.15. The van der Waals surface area contributed by atoms with Crippen molar-refractivity contribution in [2.24, 2.45) is 17.3 Å². The zero-order chi connectivity index (χ0) is 36.0. The number of amides is 2. The van der Waals surface area contributed by atoms with Crippen molar-refractivity contribution in [3.8, 4) is 0 Å². The molecule has 278 valence electrons. The SMILES string of the molecule is CN(C(=O)C12CC3OC(=O)C1N(Cc1ccc(C=COCCO)cc1)OC2C1OC(C2CC2)(C2CC2)OC31)C(Cc1ccccc1)C(=O)NCCO. The monoisotopic (exact) mass is 717 g/mol. The molecule has 52 heavy (non-hydrogen) atoms. The molecule has 8 rings (SSSR count). The minimum Gasteiger partial charge on any atom is -0.499 e. The topological polar surface area (TPSA) is 156 Å². The molecular weight excluding hydrogens is 670 g/mol. The Morgan fingerprint density at radius 1 is 1.00 bits per heavy atom. The lowest BCUT2D eigenvalue weighted by Gasteiger charge is -2.50. The number of benzene rings is 2. The summed E-state index contributed by atoms with van der Waals surface area (Å²) in [5, 5.41) is 22.8. The van der Waals surface area contributed by atoms with Crippen LogP contribution in [0.5, 0.6) is 0 Å². The number of carbonyl (C=O) groups excluding carboxylic acids is 3. The van der Waals surface area contributed by atoms with Gasteiger partial charge in [0.15, 0.2) is 11.8 Å². The van der Waals surface area contributed by atoms with Crippen molar-refractivity contribution in [3.05, 3.63) is 77.5 Å². The van der Waals surface area contributed by atoms with Gasteiger partial charge in [-0.2, -0.15) is 5.06 Å². The van der Waals surface area contributed by atoms with Crippen molar-refractivity contribution >= 4 is 23.9 Å². The number of esters is 1. The van der Waals surface area contributed by atoms with E-state index < -0.39 is 65.5 Å². The highest BCUT2D eigenvalue weighted by Gasteiger charge is 2.78. The summed E-state index contributed by atoms with van der Waals surface area (Å²) in [6, 6.07) is 15.1. The third kappa shape index (κ3) is 6.20. The molecule has 3 N–H and O–H groups in total. The second-order valence-electron chi connectivity index (χ2n) is 14.9. The van der Waals surface area contributed by atoms with E-state index in [4.69, 9.17) is 28.9 Å². The fourth-order valence-corrected chi connectivity index (χ4v) is 8.82. The highest BCUT2D eigenvalue weighted by atomic mass is 16.8. The minimum absolute atomic E-state index is 0.0391. The van der Waals surface area contributed by atoms with Crippen molar-refractivity contribution in [1.29, 1.82) is 0 Å². The quantitative estimate of drug-likeness (QED) is 0.141. The van der Waals surface area contributed by atoms with Gasteiger partial charge < -0.3 is 39.4 Å². The summed E-state index contributed by atoms with van der Waals surface area (Å²) in [6.45, 7) is 0.108. The zero-order valence-electron chi connectivity index (χ0n) is 29.3. The highest BCUT2D eigenvalue weighted by molar-refractivity contribution is 5.96. The zero-order valence-corrected chi connectivity index (χ0v) is 29.3. The molecule has 3 aliphatic heterocycles. The lowest BCUT2D eigenvalue weighted by Crippen LogP contribution is -2.70. The van der Waals surface area contributed by atoms with E-state index >= 15 is 4.79 Å². The van der Waals surface area contributed by atoms with Crippen LogP contribution in [0.3, 0.4) is 0 Å². The van der Waals surface area contributed by atoms with E-state index in [2.05, 4.69) is 5.32 Å². The number of fused-ring (bicyclic) bond motifs is 4. The van der Waals surface area contributed by atoms with Crippen LogP contribution in [-0.2, 0) is 51.1 Å². The first kappa shape index (κ1) is 35.2. The Morgan fingerprint density at radius 3 is 2.38 bits per heavy atom. The number of hydroxylamine groups is 2. The smallest absolute Gasteiger partial charge is 0.327 e. The van der Waals surface area contributed by atoms with Crippen LogP contribution >= 0.6 is 0 Å². The first-order valence-electron chi connectivity index (χ1n) is 18.5. The molecule has 6 aliphatic rings. The van der Waals surface area contributed by atoms with Crippen LogP contribution in [0, 0.1) is 17.3 Å². The highest BCUT2D eigenvalue weighted by Crippen LogP contribution is 2.64. The average molecular weight is 718 g/mol. The molecule has 3 saturated carbocycles. The summed E-state index contributed by atoms with van der Waals surface area (Å²) in [7, 11) is 1.61. The van der Waals surface area contributed by atoms with E-state index in [1.165, 1.54) is 11.2 Å². The van der Waals surface area contributed by atoms with Gasteiger partial charge in [0.05, 0.1) is 26.0 Å². The van der Waals surface area contributed by atoms with Crippen LogP contribution in [0.15, 0.2) is 60.9 Å². The number of aliphatic hydroxyl groups excluding tert-OH is 2. The van der Waals surface area contributed by atoms with Crippen LogP contribution < -0.4 is 5.32 Å². The van der Waals surface area contributed by atoms with Gasteiger partial charge in [0.2, 0.25) is 11.8 Å². The number of hydrogen-bond donors (Lipinski definition) is 3. The summed E-state index contributed by atoms with van der Waals surface area (Å²) < 4.78 is 25.3. The summed E-state index contributed by atoms with van der Waals surface area (Å²) >= 11 is 0. The molecule has 3 heterocycles. The maximum atomic E-state index is 15.3. The number of ether oxygens (including phenoxy) is 4. The second-order valence-corrected chi connectivity index (χ2v) is 14.9. The Balaban J connectivity index is 1.14. The third-order valence-electron chi connectivity index (χ3n) is 11.5. The van der Waals surface area contributed by atoms with Gasteiger partial charge in [-0.05, 0) is 48.4 Å². The van der Waals surface area contributed by atoms with Gasteiger partial charge in [0.1, 0.15) is 42.5 Å². The van der Waals surface area contributed by atoms with Gasteiger partial charge in [-0.3, -0.25) is 19.2 Å². The van der Waals surface area contributed by atoms with Crippen molar-refractivity contribution in [2.45, 2.75) is 87.4 Å². The first-order valence-corrected chi connectivity index (χ1v) is 18.5. The lowest BCUT2D eigenvalue weighted by molar-refractivity contribution is -0.235. The first-order chi connectivity index (χ1) is 25.3. The molecule has 2 aromatic rings. The van der Waals surface area contributed by atoms with Crippen molar-refractivity contribution in [1.82, 2.24) is 15.3 Å². The van der Waals surface area contributed by atoms with Crippen molar-refractivity contribution < 1.29 is 48.4 Å². The van der Waals surface area contributed by atoms with Crippen LogP contribution in [0.1, 0.15) is 48.8 Å². The Bertz CT molecular complexity index is 1650. The summed E-state index contributed by atoms with van der Waals surface area (Å²) in [4.78, 5) is 51.5. The standard InChI is InChI=1S/C39H47N3O10/c1-41(29(35(45)40-16-17-43)21-25-5-3-2-4-6-25)37(47)38-22-30-31-32(51-39(50-31,27-11-12-27)28-13-14-28)34(38)52-42(33(38)36(46)49-30)23-26-9-7-24(8-10-26)15-19-48-20-18-44/h2-10,15,19,27-34,43-44H,11-14,16-18,20-23H2,1H3,(H,40,45). The molecule has 3 saturated heterocycles. The normalized spacial score (nSPS) is 30.8. The van der Waals surface area contributed by atoms with E-state index in [1.807, 2.05) is 54.6 Å². The van der Waals surface area contributed by atoms with E-state index in [1.54, 1.807) is 18.2 Å². The molecule has 2 bridgehead atoms. The van der Waals surface area contributed by atoms with Gasteiger partial charge in [0.25, 0.3) is 0 Å². The average Bonchev–Trinajstić information content (AvgIpc) is 4.11. The lowest BCUT2D eigenvalue weighted by atomic mass is 9.62. The predicted octanol–water partition coefficient (Wildman–Crippen LogP) is 1.94. The maximum Gasteiger partial charge on any atom is 0.327 e. The maximum absolute atomic E-state index is 15.3. The Hall–Kier alpha value is -3.85. The van der Waals surface area contributed by atoms with Gasteiger partial charge in [-0.25, -0.2) is 0 Å². The molecule has 2 amide bonds. The van der Waals surface area contributed by atoms with Gasteiger partial charge >= 0.3 is 5.97 Å². The van der Waals surface area contributed by atoms with Crippen LogP contribution in [0.25, 0.3) is 6.08 Å². The fourth-order valence-electron chi connectivity index (χ4n) is 8.82. The number of rotatable bonds is 15. The molecule has 0 aromatic heterocycles. The van der Waals surface area contributed by atoms with Crippen LogP contribution in [-0.4, -0.2) is 114 Å². The molecule has 13 heteroatoms. The van der Waals surface area contributed by atoms with Crippen LogP contribution in [0.2, 0.25) is 0 Å². The molecule has 7 atom stereocenters. The van der Waals surface area contributed by atoms with Gasteiger partial charge in [-0.1, -0.05) is 54.6 Å². The largest absolute Gasteiger partial charge is 0.499 e. The Kier molecular flexibility index (Phi) is 9.60. The summed E-state index contributed by atoms with van der Waals surface area (Å²) in [6.07, 6.45) is 4.84. The second kappa shape index (κ2) is 14.2. The molecule has 2 aromatic carbocycles. The third-order valence-corrected chi connectivity index (χ3v) is 11.5. The number of likely N-dealkylation sites (N-methyl/N-ethyl adjacent to an activating group) is 1. The fraction of sp³-hybridized carbons (Fsp3) is 0.564. The van der Waals surface area contributed by atoms with Gasteiger partial charge in [0, 0.05) is 38.3 Å². The van der Waals surface area contributed by atoms with E-state index in [-0.39, 0.29) is 57.6 Å². The molecule has 0 spiro atoms. The van der Waals surface area contributed by atoms with Crippen molar-refractivity contribution in [2.75, 3.05) is 33.4 Å². The van der Waals surface area contributed by atoms with Gasteiger partial charge in [-0.15, -0.1) is 0 Å². The summed E-state index contributed by atoms with van der Waals surface area (Å²) in [5.74, 6) is -1.66. The number of aliphatic hydroxyl groups is 2. The van der Waals surface area contributed by atoms with Crippen LogP contribution in [0.4, 0.5) is 0 Å². The van der Waals surface area contributed by atoms with E-state index in [9.17, 15) is 14.7 Å². The predicted molar refractivity (Wildman–Crippen MR) is 184 cm³/mol. The molecule has 3 aliphatic carbocycles. The molecule has 6 fully saturated rings. The Morgan fingerprint density at radius 2 is 1.71 bits per heavy atom. The molecule has 13 nitrogen and oxygen atoms in total. The number of hydrogen-bond acceptors (Lipinski definition) is 11. The molecule has 0 radical (unpaired) electrons. The number of carbonyl (C=O) groups is 3. The number of nitrogens with one attached hydrogen (secondary N) is 1. The van der Waals surface area contributed by atoms with E-state index in [0.717, 1.165) is 42.4 Å². The number of nitrogens with zero attached hydrogens (tertiary/aromatic N) is 2. The molecular formula is C39H47N3O10.